The smallest absolute Gasteiger partial charge is 0.275 e. The zero-order chi connectivity index (χ0) is 16.2. The molecule has 0 bridgehead atoms. The van der Waals surface area contributed by atoms with Crippen molar-refractivity contribution < 1.29 is 9.69 Å². The van der Waals surface area contributed by atoms with Gasteiger partial charge in [-0.1, -0.05) is 53.5 Å². The number of hydrogen-bond donors (Lipinski definition) is 2. The molecule has 0 aliphatic carbocycles. The van der Waals surface area contributed by atoms with Crippen LogP contribution in [0.15, 0.2) is 42.5 Å². The minimum absolute atomic E-state index is 0.0467. The Bertz CT molecular complexity index is 718. The molecule has 1 amide bonds. The van der Waals surface area contributed by atoms with Crippen LogP contribution in [0, 0.1) is 0 Å². The summed E-state index contributed by atoms with van der Waals surface area (Å²) in [7, 11) is 0. The number of quaternary nitrogens is 1. The molecule has 1 aliphatic heterocycles. The first kappa shape index (κ1) is 16.3. The molecule has 1 unspecified atom stereocenters. The number of halogens is 2. The van der Waals surface area contributed by atoms with E-state index in [0.717, 1.165) is 25.1 Å². The maximum Gasteiger partial charge on any atom is 0.275 e. The van der Waals surface area contributed by atoms with Crippen LogP contribution in [0.5, 0.6) is 0 Å². The largest absolute Gasteiger partial charge is 0.347 e. The van der Waals surface area contributed by atoms with E-state index in [1.165, 1.54) is 16.0 Å². The predicted octanol–water partition coefficient (Wildman–Crippen LogP) is 2.25. The van der Waals surface area contributed by atoms with Gasteiger partial charge in [-0.15, -0.1) is 0 Å². The van der Waals surface area contributed by atoms with Crippen LogP contribution in [-0.4, -0.2) is 19.0 Å². The molecule has 3 rings (SSSR count). The van der Waals surface area contributed by atoms with Crippen molar-refractivity contribution in [2.24, 2.45) is 0 Å². The molecule has 0 radical (unpaired) electrons. The average Bonchev–Trinajstić information content (AvgIpc) is 2.54. The molecule has 5 heteroatoms. The van der Waals surface area contributed by atoms with Gasteiger partial charge in [0.1, 0.15) is 6.54 Å². The molecule has 2 N–H and O–H groups in total. The lowest BCUT2D eigenvalue weighted by Crippen LogP contribution is -3.12. The Morgan fingerprint density at radius 3 is 2.70 bits per heavy atom. The molecule has 120 valence electrons. The highest BCUT2D eigenvalue weighted by Crippen LogP contribution is 2.20. The van der Waals surface area contributed by atoms with Gasteiger partial charge in [0.25, 0.3) is 5.91 Å². The van der Waals surface area contributed by atoms with Crippen molar-refractivity contribution >= 4 is 29.1 Å². The molecule has 0 saturated heterocycles. The Morgan fingerprint density at radius 2 is 1.91 bits per heavy atom. The van der Waals surface area contributed by atoms with Gasteiger partial charge in [-0.25, -0.2) is 0 Å². The van der Waals surface area contributed by atoms with Gasteiger partial charge in [0, 0.05) is 28.6 Å². The molecular formula is C18H19Cl2N2O+. The van der Waals surface area contributed by atoms with E-state index in [9.17, 15) is 4.79 Å². The van der Waals surface area contributed by atoms with Crippen molar-refractivity contribution in [2.75, 3.05) is 13.1 Å². The van der Waals surface area contributed by atoms with E-state index in [0.29, 0.717) is 23.1 Å². The van der Waals surface area contributed by atoms with E-state index in [4.69, 9.17) is 23.2 Å². The van der Waals surface area contributed by atoms with E-state index in [2.05, 4.69) is 29.6 Å². The van der Waals surface area contributed by atoms with Gasteiger partial charge in [0.2, 0.25) is 0 Å². The first-order chi connectivity index (χ1) is 11.1. The molecule has 1 atom stereocenters. The number of nitrogens with one attached hydrogen (secondary N) is 2. The topological polar surface area (TPSA) is 33.5 Å². The fourth-order valence-electron chi connectivity index (χ4n) is 2.94. The van der Waals surface area contributed by atoms with Crippen LogP contribution >= 0.6 is 23.2 Å². The Labute approximate surface area is 146 Å². The lowest BCUT2D eigenvalue weighted by atomic mass is 10.00. The number of carbonyl (C=O) groups excluding carboxylic acids is 1. The van der Waals surface area contributed by atoms with Crippen LogP contribution in [0.4, 0.5) is 0 Å². The summed E-state index contributed by atoms with van der Waals surface area (Å²) in [6, 6.07) is 13.8. The molecule has 2 aromatic rings. The molecule has 0 fully saturated rings. The summed E-state index contributed by atoms with van der Waals surface area (Å²) in [4.78, 5) is 13.5. The number of amides is 1. The van der Waals surface area contributed by atoms with Crippen molar-refractivity contribution in [2.45, 2.75) is 19.5 Å². The van der Waals surface area contributed by atoms with Gasteiger partial charge in [0.05, 0.1) is 6.54 Å². The van der Waals surface area contributed by atoms with E-state index in [-0.39, 0.29) is 5.91 Å². The van der Waals surface area contributed by atoms with Crippen molar-refractivity contribution in [3.63, 3.8) is 0 Å². The van der Waals surface area contributed by atoms with Crippen LogP contribution < -0.4 is 10.2 Å². The van der Waals surface area contributed by atoms with Crippen molar-refractivity contribution in [3.05, 3.63) is 69.2 Å². The Kier molecular flexibility index (Phi) is 5.21. The summed E-state index contributed by atoms with van der Waals surface area (Å²) in [6.07, 6.45) is 1.03. The average molecular weight is 350 g/mol. The zero-order valence-corrected chi connectivity index (χ0v) is 14.3. The normalized spacial score (nSPS) is 16.7. The molecule has 2 aromatic carbocycles. The van der Waals surface area contributed by atoms with Crippen LogP contribution in [0.3, 0.4) is 0 Å². The predicted molar refractivity (Wildman–Crippen MR) is 92.9 cm³/mol. The summed E-state index contributed by atoms with van der Waals surface area (Å²) in [6.45, 7) is 2.82. The third-order valence-electron chi connectivity index (χ3n) is 4.21. The van der Waals surface area contributed by atoms with Gasteiger partial charge in [-0.2, -0.15) is 0 Å². The van der Waals surface area contributed by atoms with Crippen molar-refractivity contribution in [1.82, 2.24) is 5.32 Å². The van der Waals surface area contributed by atoms with Gasteiger partial charge in [-0.05, 0) is 23.3 Å². The quantitative estimate of drug-likeness (QED) is 0.871. The molecule has 0 saturated carbocycles. The third kappa shape index (κ3) is 4.25. The van der Waals surface area contributed by atoms with Gasteiger partial charge >= 0.3 is 0 Å². The minimum atomic E-state index is 0.0467. The van der Waals surface area contributed by atoms with Gasteiger partial charge in [-0.3, -0.25) is 4.79 Å². The molecule has 23 heavy (non-hydrogen) atoms. The number of benzene rings is 2. The standard InChI is InChI=1S/C18H18Cl2N2O/c19-16-6-5-14(17(20)9-16)10-21-18(23)12-22-8-7-13-3-1-2-4-15(13)11-22/h1-6,9H,7-8,10-12H2,(H,21,23)/p+1. The highest BCUT2D eigenvalue weighted by atomic mass is 35.5. The van der Waals surface area contributed by atoms with Gasteiger partial charge < -0.3 is 10.2 Å². The monoisotopic (exact) mass is 349 g/mol. The van der Waals surface area contributed by atoms with Crippen LogP contribution in [-0.2, 0) is 24.3 Å². The third-order valence-corrected chi connectivity index (χ3v) is 4.80. The lowest BCUT2D eigenvalue weighted by Gasteiger charge is -2.25. The summed E-state index contributed by atoms with van der Waals surface area (Å²) >= 11 is 12.0. The number of carbonyl (C=O) groups is 1. The van der Waals surface area contributed by atoms with E-state index in [1.807, 2.05) is 6.07 Å². The van der Waals surface area contributed by atoms with E-state index < -0.39 is 0 Å². The van der Waals surface area contributed by atoms with Crippen LogP contribution in [0.1, 0.15) is 16.7 Å². The lowest BCUT2D eigenvalue weighted by molar-refractivity contribution is -0.908. The fraction of sp³-hybridized carbons (Fsp3) is 0.278. The minimum Gasteiger partial charge on any atom is -0.347 e. The molecular weight excluding hydrogens is 331 g/mol. The number of rotatable bonds is 4. The molecule has 1 heterocycles. The maximum absolute atomic E-state index is 12.2. The first-order valence-corrected chi connectivity index (χ1v) is 8.48. The molecule has 1 aliphatic rings. The highest BCUT2D eigenvalue weighted by Gasteiger charge is 2.21. The SMILES string of the molecule is O=C(C[NH+]1CCc2ccccc2C1)NCc1ccc(Cl)cc1Cl. The van der Waals surface area contributed by atoms with Crippen molar-refractivity contribution in [1.29, 1.82) is 0 Å². The summed E-state index contributed by atoms with van der Waals surface area (Å²) < 4.78 is 0. The zero-order valence-electron chi connectivity index (χ0n) is 12.7. The van der Waals surface area contributed by atoms with Crippen molar-refractivity contribution in [3.8, 4) is 0 Å². The number of fused-ring (bicyclic) bond motifs is 1. The Hall–Kier alpha value is -1.55. The maximum atomic E-state index is 12.2. The Balaban J connectivity index is 1.52. The molecule has 3 nitrogen and oxygen atoms in total. The summed E-state index contributed by atoms with van der Waals surface area (Å²) in [5.41, 5.74) is 3.63. The first-order valence-electron chi connectivity index (χ1n) is 7.73. The second-order valence-corrected chi connectivity index (χ2v) is 6.73. The highest BCUT2D eigenvalue weighted by molar-refractivity contribution is 6.35. The fourth-order valence-corrected chi connectivity index (χ4v) is 3.42. The Morgan fingerprint density at radius 1 is 1.13 bits per heavy atom. The summed E-state index contributed by atoms with van der Waals surface area (Å²) in [5, 5.41) is 4.12. The van der Waals surface area contributed by atoms with E-state index >= 15 is 0 Å². The second kappa shape index (κ2) is 7.35. The number of hydrogen-bond acceptors (Lipinski definition) is 1. The molecule has 0 spiro atoms. The van der Waals surface area contributed by atoms with Gasteiger partial charge in [0.15, 0.2) is 6.54 Å². The van der Waals surface area contributed by atoms with Crippen LogP contribution in [0.25, 0.3) is 0 Å². The molecule has 0 aromatic heterocycles. The second-order valence-electron chi connectivity index (χ2n) is 5.88. The summed E-state index contributed by atoms with van der Waals surface area (Å²) in [5.74, 6) is 0.0467. The van der Waals surface area contributed by atoms with E-state index in [1.54, 1.807) is 12.1 Å². The van der Waals surface area contributed by atoms with Crippen LogP contribution in [0.2, 0.25) is 10.0 Å².